The highest BCUT2D eigenvalue weighted by atomic mass is 15.2. The van der Waals surface area contributed by atoms with Crippen molar-refractivity contribution < 1.29 is 0 Å². The second-order valence-electron chi connectivity index (χ2n) is 4.56. The van der Waals surface area contributed by atoms with E-state index in [4.69, 9.17) is 5.73 Å². The number of hydrogen-bond donors (Lipinski definition) is 1. The zero-order valence-corrected chi connectivity index (χ0v) is 11.3. The van der Waals surface area contributed by atoms with Crippen molar-refractivity contribution in [3.8, 4) is 0 Å². The number of anilines is 1. The zero-order valence-electron chi connectivity index (χ0n) is 11.3. The van der Waals surface area contributed by atoms with Crippen LogP contribution in [0.5, 0.6) is 0 Å². The minimum atomic E-state index is 0.615. The lowest BCUT2D eigenvalue weighted by atomic mass is 10.1. The number of rotatable bonds is 6. The lowest BCUT2D eigenvalue weighted by molar-refractivity contribution is 0.842. The topological polar surface area (TPSA) is 55.0 Å². The lowest BCUT2D eigenvalue weighted by Crippen LogP contribution is -2.22. The van der Waals surface area contributed by atoms with Gasteiger partial charge in [-0.3, -0.25) is 0 Å². The average Bonchev–Trinajstić information content (AvgIpc) is 2.46. The molecule has 0 bridgehead atoms. The molecule has 100 valence electrons. The molecule has 1 heterocycles. The third-order valence-corrected chi connectivity index (χ3v) is 3.08. The molecule has 0 saturated carbocycles. The number of hydrogen-bond acceptors (Lipinski definition) is 4. The SMILES string of the molecule is CN(CCc1ccccc1)c1cc(CCN)ncn1. The molecule has 1 aromatic heterocycles. The summed E-state index contributed by atoms with van der Waals surface area (Å²) in [6.07, 6.45) is 3.41. The van der Waals surface area contributed by atoms with Crippen LogP contribution in [0.4, 0.5) is 5.82 Å². The van der Waals surface area contributed by atoms with Gasteiger partial charge in [0.15, 0.2) is 0 Å². The molecule has 0 unspecified atom stereocenters. The molecular formula is C15H20N4. The van der Waals surface area contributed by atoms with Crippen LogP contribution in [0.3, 0.4) is 0 Å². The van der Waals surface area contributed by atoms with E-state index in [-0.39, 0.29) is 0 Å². The molecule has 19 heavy (non-hydrogen) atoms. The average molecular weight is 256 g/mol. The summed E-state index contributed by atoms with van der Waals surface area (Å²) < 4.78 is 0. The van der Waals surface area contributed by atoms with Crippen molar-refractivity contribution in [2.45, 2.75) is 12.8 Å². The predicted molar refractivity (Wildman–Crippen MR) is 78.2 cm³/mol. The Morgan fingerprint density at radius 2 is 1.89 bits per heavy atom. The van der Waals surface area contributed by atoms with Crippen LogP contribution in [0.25, 0.3) is 0 Å². The van der Waals surface area contributed by atoms with Crippen molar-refractivity contribution >= 4 is 5.82 Å². The van der Waals surface area contributed by atoms with E-state index in [1.807, 2.05) is 12.1 Å². The highest BCUT2D eigenvalue weighted by molar-refractivity contribution is 5.38. The van der Waals surface area contributed by atoms with E-state index in [0.717, 1.165) is 30.9 Å². The molecule has 0 aliphatic rings. The number of aromatic nitrogens is 2. The van der Waals surface area contributed by atoms with Gasteiger partial charge in [0.2, 0.25) is 0 Å². The number of likely N-dealkylation sites (N-methyl/N-ethyl adjacent to an activating group) is 1. The second kappa shape index (κ2) is 6.85. The summed E-state index contributed by atoms with van der Waals surface area (Å²) in [4.78, 5) is 10.7. The first kappa shape index (κ1) is 13.5. The van der Waals surface area contributed by atoms with Gasteiger partial charge < -0.3 is 10.6 Å². The fourth-order valence-corrected chi connectivity index (χ4v) is 1.94. The van der Waals surface area contributed by atoms with Gasteiger partial charge in [-0.05, 0) is 18.5 Å². The van der Waals surface area contributed by atoms with E-state index in [2.05, 4.69) is 46.2 Å². The molecule has 0 spiro atoms. The molecule has 1 aromatic carbocycles. The van der Waals surface area contributed by atoms with Crippen molar-refractivity contribution in [2.75, 3.05) is 25.0 Å². The maximum atomic E-state index is 5.55. The molecule has 2 N–H and O–H groups in total. The summed E-state index contributed by atoms with van der Waals surface area (Å²) >= 11 is 0. The Kier molecular flexibility index (Phi) is 4.86. The number of nitrogens with two attached hydrogens (primary N) is 1. The monoisotopic (exact) mass is 256 g/mol. The van der Waals surface area contributed by atoms with Crippen LogP contribution in [0.2, 0.25) is 0 Å². The Morgan fingerprint density at radius 3 is 2.63 bits per heavy atom. The number of nitrogens with zero attached hydrogens (tertiary/aromatic N) is 3. The van der Waals surface area contributed by atoms with Gasteiger partial charge in [0, 0.05) is 31.8 Å². The van der Waals surface area contributed by atoms with Crippen molar-refractivity contribution in [2.24, 2.45) is 5.73 Å². The Bertz CT molecular complexity index is 499. The number of benzene rings is 1. The molecule has 2 rings (SSSR count). The van der Waals surface area contributed by atoms with E-state index in [0.29, 0.717) is 6.54 Å². The largest absolute Gasteiger partial charge is 0.359 e. The molecule has 0 amide bonds. The highest BCUT2D eigenvalue weighted by Crippen LogP contribution is 2.10. The summed E-state index contributed by atoms with van der Waals surface area (Å²) in [5.41, 5.74) is 7.89. The summed E-state index contributed by atoms with van der Waals surface area (Å²) in [5, 5.41) is 0. The lowest BCUT2D eigenvalue weighted by Gasteiger charge is -2.18. The maximum absolute atomic E-state index is 5.55. The van der Waals surface area contributed by atoms with Crippen LogP contribution < -0.4 is 10.6 Å². The van der Waals surface area contributed by atoms with Crippen LogP contribution in [0.15, 0.2) is 42.7 Å². The van der Waals surface area contributed by atoms with Gasteiger partial charge in [-0.2, -0.15) is 0 Å². The van der Waals surface area contributed by atoms with E-state index in [9.17, 15) is 0 Å². The third kappa shape index (κ3) is 4.03. The highest BCUT2D eigenvalue weighted by Gasteiger charge is 2.04. The molecule has 4 nitrogen and oxygen atoms in total. The van der Waals surface area contributed by atoms with Crippen LogP contribution in [-0.2, 0) is 12.8 Å². The smallest absolute Gasteiger partial charge is 0.131 e. The third-order valence-electron chi connectivity index (χ3n) is 3.08. The van der Waals surface area contributed by atoms with Gasteiger partial charge in [-0.1, -0.05) is 30.3 Å². The van der Waals surface area contributed by atoms with Crippen molar-refractivity contribution in [1.82, 2.24) is 9.97 Å². The molecule has 0 fully saturated rings. The van der Waals surface area contributed by atoms with Crippen molar-refractivity contribution in [3.63, 3.8) is 0 Å². The molecule has 0 saturated heterocycles. The minimum absolute atomic E-state index is 0.615. The minimum Gasteiger partial charge on any atom is -0.359 e. The fraction of sp³-hybridized carbons (Fsp3) is 0.333. The summed E-state index contributed by atoms with van der Waals surface area (Å²) in [6, 6.07) is 12.5. The molecule has 2 aromatic rings. The fourth-order valence-electron chi connectivity index (χ4n) is 1.94. The van der Waals surface area contributed by atoms with E-state index < -0.39 is 0 Å². The molecule has 0 aliphatic heterocycles. The van der Waals surface area contributed by atoms with E-state index in [1.165, 1.54) is 5.56 Å². The molecule has 0 atom stereocenters. The quantitative estimate of drug-likeness (QED) is 0.854. The maximum Gasteiger partial charge on any atom is 0.131 e. The van der Waals surface area contributed by atoms with Gasteiger partial charge in [-0.15, -0.1) is 0 Å². The van der Waals surface area contributed by atoms with Gasteiger partial charge in [0.05, 0.1) is 0 Å². The van der Waals surface area contributed by atoms with Crippen molar-refractivity contribution in [3.05, 3.63) is 54.0 Å². The second-order valence-corrected chi connectivity index (χ2v) is 4.56. The van der Waals surface area contributed by atoms with Gasteiger partial charge in [-0.25, -0.2) is 9.97 Å². The Balaban J connectivity index is 1.95. The van der Waals surface area contributed by atoms with Gasteiger partial charge in [0.25, 0.3) is 0 Å². The first-order valence-electron chi connectivity index (χ1n) is 6.55. The van der Waals surface area contributed by atoms with Gasteiger partial charge >= 0.3 is 0 Å². The summed E-state index contributed by atoms with van der Waals surface area (Å²) in [6.45, 7) is 1.55. The standard InChI is InChI=1S/C15H20N4/c1-19(10-8-13-5-3-2-4-6-13)15-11-14(7-9-16)17-12-18-15/h2-6,11-12H,7-10,16H2,1H3. The predicted octanol–water partition coefficient (Wildman–Crippen LogP) is 1.66. The van der Waals surface area contributed by atoms with E-state index >= 15 is 0 Å². The molecule has 4 heteroatoms. The normalized spacial score (nSPS) is 10.4. The zero-order chi connectivity index (χ0) is 13.5. The summed E-state index contributed by atoms with van der Waals surface area (Å²) in [7, 11) is 2.05. The van der Waals surface area contributed by atoms with Crippen molar-refractivity contribution in [1.29, 1.82) is 0 Å². The van der Waals surface area contributed by atoms with Crippen LogP contribution in [0.1, 0.15) is 11.3 Å². The molecule has 0 aliphatic carbocycles. The Morgan fingerprint density at radius 1 is 1.11 bits per heavy atom. The summed E-state index contributed by atoms with van der Waals surface area (Å²) in [5.74, 6) is 0.953. The van der Waals surface area contributed by atoms with Crippen LogP contribution in [-0.4, -0.2) is 30.1 Å². The Hall–Kier alpha value is -1.94. The van der Waals surface area contributed by atoms with Crippen LogP contribution >= 0.6 is 0 Å². The van der Waals surface area contributed by atoms with Crippen LogP contribution in [0, 0.1) is 0 Å². The molecule has 0 radical (unpaired) electrons. The van der Waals surface area contributed by atoms with Gasteiger partial charge in [0.1, 0.15) is 12.1 Å². The molecular weight excluding hydrogens is 236 g/mol. The first-order valence-corrected chi connectivity index (χ1v) is 6.55. The Labute approximate surface area is 114 Å². The first-order chi connectivity index (χ1) is 9.29. The van der Waals surface area contributed by atoms with E-state index in [1.54, 1.807) is 6.33 Å².